The van der Waals surface area contributed by atoms with E-state index in [0.717, 1.165) is 22.2 Å². The first-order valence-electron chi connectivity index (χ1n) is 9.07. The molecule has 5 heteroatoms. The second kappa shape index (κ2) is 6.74. The molecular weight excluding hydrogens is 356 g/mol. The highest BCUT2D eigenvalue weighted by Crippen LogP contribution is 2.28. The van der Waals surface area contributed by atoms with Crippen molar-refractivity contribution in [3.63, 3.8) is 0 Å². The minimum absolute atomic E-state index is 0.0557. The number of aromatic nitrogens is 2. The van der Waals surface area contributed by atoms with Crippen LogP contribution in [-0.4, -0.2) is 9.55 Å². The van der Waals surface area contributed by atoms with Crippen LogP contribution in [-0.2, 0) is 0 Å². The van der Waals surface area contributed by atoms with Crippen LogP contribution in [0.1, 0.15) is 31.9 Å². The molecule has 0 saturated heterocycles. The molecule has 0 amide bonds. The molecule has 2 aromatic heterocycles. The summed E-state index contributed by atoms with van der Waals surface area (Å²) in [6.07, 6.45) is 0.775. The third-order valence-electron chi connectivity index (χ3n) is 5.07. The van der Waals surface area contributed by atoms with E-state index in [4.69, 9.17) is 4.98 Å². The number of rotatable bonds is 3. The van der Waals surface area contributed by atoms with Gasteiger partial charge in [-0.1, -0.05) is 43.3 Å². The summed E-state index contributed by atoms with van der Waals surface area (Å²) in [6, 6.07) is 15.2. The van der Waals surface area contributed by atoms with E-state index in [-0.39, 0.29) is 22.4 Å². The Kier molecular flexibility index (Phi) is 4.40. The molecule has 27 heavy (non-hydrogen) atoms. The van der Waals surface area contributed by atoms with E-state index in [1.807, 2.05) is 63.2 Å². The van der Waals surface area contributed by atoms with Crippen molar-refractivity contribution in [2.24, 2.45) is 0 Å². The van der Waals surface area contributed by atoms with E-state index in [1.54, 1.807) is 10.6 Å². The quantitative estimate of drug-likeness (QED) is 0.477. The van der Waals surface area contributed by atoms with E-state index in [9.17, 15) is 9.59 Å². The predicted molar refractivity (Wildman–Crippen MR) is 113 cm³/mol. The molecule has 4 rings (SSSR count). The summed E-state index contributed by atoms with van der Waals surface area (Å²) in [7, 11) is 0. The Balaban J connectivity index is 2.21. The van der Waals surface area contributed by atoms with Crippen LogP contribution < -0.4 is 11.0 Å². The molecule has 2 heterocycles. The lowest BCUT2D eigenvalue weighted by atomic mass is 10.1. The first kappa shape index (κ1) is 17.6. The number of benzene rings is 2. The van der Waals surface area contributed by atoms with Gasteiger partial charge in [0.25, 0.3) is 5.56 Å². The molecule has 0 N–H and O–H groups in total. The summed E-state index contributed by atoms with van der Waals surface area (Å²) in [5, 5.41) is 0.768. The number of aryl methyl sites for hydroxylation is 1. The van der Waals surface area contributed by atoms with Crippen LogP contribution >= 0.6 is 11.3 Å². The maximum Gasteiger partial charge on any atom is 0.266 e. The highest BCUT2D eigenvalue weighted by Gasteiger charge is 2.20. The van der Waals surface area contributed by atoms with Gasteiger partial charge in [0.2, 0.25) is 5.43 Å². The maximum atomic E-state index is 13.4. The van der Waals surface area contributed by atoms with Gasteiger partial charge in [-0.05, 0) is 38.0 Å². The van der Waals surface area contributed by atoms with Gasteiger partial charge in [-0.25, -0.2) is 4.98 Å². The molecular formula is C22H20N2O2S. The molecule has 1 atom stereocenters. The normalized spacial score (nSPS) is 12.6. The van der Waals surface area contributed by atoms with Crippen LogP contribution in [0.3, 0.4) is 0 Å². The van der Waals surface area contributed by atoms with Crippen molar-refractivity contribution < 1.29 is 0 Å². The van der Waals surface area contributed by atoms with Crippen molar-refractivity contribution in [1.82, 2.24) is 9.55 Å². The SMILES string of the molecule is CCC(C)n1c(-c2ccccc2C)nc2sc3ccccc3c(=O)c2c1=O. The lowest BCUT2D eigenvalue weighted by molar-refractivity contribution is 0.517. The predicted octanol–water partition coefficient (Wildman–Crippen LogP) is 4.92. The Labute approximate surface area is 160 Å². The third-order valence-corrected chi connectivity index (χ3v) is 6.13. The molecule has 0 saturated carbocycles. The Bertz CT molecular complexity index is 1290. The molecule has 4 nitrogen and oxygen atoms in total. The lowest BCUT2D eigenvalue weighted by Gasteiger charge is -2.19. The summed E-state index contributed by atoms with van der Waals surface area (Å²) >= 11 is 1.40. The largest absolute Gasteiger partial charge is 0.289 e. The summed E-state index contributed by atoms with van der Waals surface area (Å²) in [6.45, 7) is 6.03. The van der Waals surface area contributed by atoms with Gasteiger partial charge in [0.05, 0.1) is 0 Å². The van der Waals surface area contributed by atoms with Crippen molar-refractivity contribution in [2.75, 3.05) is 0 Å². The van der Waals surface area contributed by atoms with Crippen molar-refractivity contribution in [1.29, 1.82) is 0 Å². The van der Waals surface area contributed by atoms with Gasteiger partial charge in [0.1, 0.15) is 16.0 Å². The zero-order valence-corrected chi connectivity index (χ0v) is 16.3. The number of fused-ring (bicyclic) bond motifs is 2. The average molecular weight is 376 g/mol. The zero-order chi connectivity index (χ0) is 19.1. The Hall–Kier alpha value is -2.79. The first-order valence-corrected chi connectivity index (χ1v) is 9.88. The van der Waals surface area contributed by atoms with Gasteiger partial charge in [-0.2, -0.15) is 0 Å². The van der Waals surface area contributed by atoms with Crippen LogP contribution in [0.4, 0.5) is 0 Å². The molecule has 4 aromatic rings. The summed E-state index contributed by atoms with van der Waals surface area (Å²) < 4.78 is 2.53. The highest BCUT2D eigenvalue weighted by atomic mass is 32.1. The minimum Gasteiger partial charge on any atom is -0.289 e. The molecule has 136 valence electrons. The van der Waals surface area contributed by atoms with Crippen molar-refractivity contribution in [3.8, 4) is 11.4 Å². The van der Waals surface area contributed by atoms with E-state index < -0.39 is 0 Å². The van der Waals surface area contributed by atoms with Crippen molar-refractivity contribution in [2.45, 2.75) is 33.2 Å². The molecule has 0 spiro atoms. The summed E-state index contributed by atoms with van der Waals surface area (Å²) in [5.74, 6) is 0.630. The monoisotopic (exact) mass is 376 g/mol. The average Bonchev–Trinajstić information content (AvgIpc) is 2.67. The maximum absolute atomic E-state index is 13.4. The summed E-state index contributed by atoms with van der Waals surface area (Å²) in [5.41, 5.74) is 1.49. The van der Waals surface area contributed by atoms with Gasteiger partial charge in [-0.15, -0.1) is 11.3 Å². The Morgan fingerprint density at radius 2 is 1.78 bits per heavy atom. The van der Waals surface area contributed by atoms with Gasteiger partial charge >= 0.3 is 0 Å². The highest BCUT2D eigenvalue weighted by molar-refractivity contribution is 7.24. The van der Waals surface area contributed by atoms with Gasteiger partial charge in [-0.3, -0.25) is 14.2 Å². The number of hydrogen-bond donors (Lipinski definition) is 0. The van der Waals surface area contributed by atoms with Crippen LogP contribution in [0.5, 0.6) is 0 Å². The van der Waals surface area contributed by atoms with Gasteiger partial charge < -0.3 is 0 Å². The topological polar surface area (TPSA) is 52.0 Å². The fourth-order valence-corrected chi connectivity index (χ4v) is 4.41. The van der Waals surface area contributed by atoms with E-state index in [1.165, 1.54) is 11.3 Å². The molecule has 0 aliphatic heterocycles. The second-order valence-corrected chi connectivity index (χ2v) is 7.82. The molecule has 1 unspecified atom stereocenters. The smallest absolute Gasteiger partial charge is 0.266 e. The lowest BCUT2D eigenvalue weighted by Crippen LogP contribution is -2.29. The van der Waals surface area contributed by atoms with Crippen molar-refractivity contribution in [3.05, 3.63) is 74.7 Å². The van der Waals surface area contributed by atoms with E-state index in [2.05, 4.69) is 0 Å². The van der Waals surface area contributed by atoms with E-state index in [0.29, 0.717) is 16.0 Å². The van der Waals surface area contributed by atoms with E-state index >= 15 is 0 Å². The zero-order valence-electron chi connectivity index (χ0n) is 15.5. The number of hydrogen-bond acceptors (Lipinski definition) is 4. The Morgan fingerprint density at radius 3 is 2.52 bits per heavy atom. The minimum atomic E-state index is -0.250. The van der Waals surface area contributed by atoms with Crippen LogP contribution in [0, 0.1) is 6.92 Å². The molecule has 0 aliphatic carbocycles. The molecule has 0 fully saturated rings. The molecule has 0 aliphatic rings. The molecule has 0 radical (unpaired) electrons. The number of nitrogens with zero attached hydrogens (tertiary/aromatic N) is 2. The van der Waals surface area contributed by atoms with Crippen LogP contribution in [0.15, 0.2) is 58.1 Å². The third kappa shape index (κ3) is 2.79. The van der Waals surface area contributed by atoms with Crippen LogP contribution in [0.25, 0.3) is 31.7 Å². The summed E-state index contributed by atoms with van der Waals surface area (Å²) in [4.78, 5) is 31.8. The van der Waals surface area contributed by atoms with Crippen LogP contribution in [0.2, 0.25) is 0 Å². The van der Waals surface area contributed by atoms with Gasteiger partial charge in [0.15, 0.2) is 0 Å². The van der Waals surface area contributed by atoms with Gasteiger partial charge in [0, 0.05) is 21.7 Å². The first-order chi connectivity index (χ1) is 13.0. The molecule has 2 aromatic carbocycles. The Morgan fingerprint density at radius 1 is 1.07 bits per heavy atom. The fourth-order valence-electron chi connectivity index (χ4n) is 3.37. The standard InChI is InChI=1S/C22H20N2O2S/c1-4-14(3)24-20(15-10-6-5-9-13(15)2)23-21-18(22(24)26)19(25)16-11-7-8-12-17(16)27-21/h5-12,14H,4H2,1-3H3. The second-order valence-electron chi connectivity index (χ2n) is 6.79. The fraction of sp³-hybridized carbons (Fsp3) is 0.227. The molecule has 0 bridgehead atoms. The van der Waals surface area contributed by atoms with Crippen molar-refractivity contribution >= 4 is 31.6 Å².